The van der Waals surface area contributed by atoms with Crippen LogP contribution in [0.15, 0.2) is 0 Å². The number of hydrogen-bond donors (Lipinski definition) is 4. The van der Waals surface area contributed by atoms with E-state index in [1.807, 2.05) is 0 Å². The molecule has 10 nitrogen and oxygen atoms in total. The van der Waals surface area contributed by atoms with Crippen molar-refractivity contribution >= 4 is 26.1 Å². The lowest BCUT2D eigenvalue weighted by molar-refractivity contribution is -0.123. The lowest BCUT2D eigenvalue weighted by Crippen LogP contribution is -2.49. The second-order valence-corrected chi connectivity index (χ2v) is 9.33. The fraction of sp³-hybridized carbons (Fsp3) is 0.929. The molecule has 12 heteroatoms. The summed E-state index contributed by atoms with van der Waals surface area (Å²) in [5.74, 6) is 0.216. The summed E-state index contributed by atoms with van der Waals surface area (Å²) in [6, 6.07) is 0.448. The first-order valence-electron chi connectivity index (χ1n) is 8.42. The molecule has 0 unspecified atom stereocenters. The molecule has 1 amide bonds. The largest absolute Gasteiger partial charge is 0.352 e. The van der Waals surface area contributed by atoms with Crippen LogP contribution in [0.4, 0.5) is 0 Å². The molecule has 2 aliphatic rings. The SMILES string of the molecule is CS(=O)(=O)O.CS(=O)(=O)O.O=C(CN1CCNCC1)NC1CCCCC1. The van der Waals surface area contributed by atoms with Gasteiger partial charge >= 0.3 is 0 Å². The zero-order valence-corrected chi connectivity index (χ0v) is 17.0. The van der Waals surface area contributed by atoms with E-state index >= 15 is 0 Å². The molecule has 1 saturated carbocycles. The quantitative estimate of drug-likeness (QED) is 0.439. The first-order valence-corrected chi connectivity index (χ1v) is 12.1. The number of rotatable bonds is 3. The normalized spacial score (nSPS) is 19.4. The van der Waals surface area contributed by atoms with E-state index in [9.17, 15) is 21.6 Å². The first-order chi connectivity index (χ1) is 11.8. The van der Waals surface area contributed by atoms with Gasteiger partial charge in [-0.05, 0) is 12.8 Å². The van der Waals surface area contributed by atoms with Crippen LogP contribution in [0.25, 0.3) is 0 Å². The van der Waals surface area contributed by atoms with Gasteiger partial charge in [0, 0.05) is 32.2 Å². The molecule has 0 bridgehead atoms. The number of amides is 1. The van der Waals surface area contributed by atoms with Gasteiger partial charge in [-0.2, -0.15) is 16.8 Å². The van der Waals surface area contributed by atoms with E-state index in [1.165, 1.54) is 32.1 Å². The second-order valence-electron chi connectivity index (χ2n) is 6.39. The van der Waals surface area contributed by atoms with Crippen molar-refractivity contribution in [1.29, 1.82) is 0 Å². The van der Waals surface area contributed by atoms with Crippen LogP contribution in [0.1, 0.15) is 32.1 Å². The van der Waals surface area contributed by atoms with Crippen LogP contribution in [0.3, 0.4) is 0 Å². The summed E-state index contributed by atoms with van der Waals surface area (Å²) in [6.07, 6.45) is 7.67. The van der Waals surface area contributed by atoms with E-state index < -0.39 is 20.2 Å². The molecule has 1 heterocycles. The van der Waals surface area contributed by atoms with Crippen molar-refractivity contribution in [2.45, 2.75) is 38.1 Å². The summed E-state index contributed by atoms with van der Waals surface area (Å²) in [7, 11) is -7.33. The van der Waals surface area contributed by atoms with Gasteiger partial charge in [0.15, 0.2) is 0 Å². The lowest BCUT2D eigenvalue weighted by atomic mass is 9.95. The van der Waals surface area contributed by atoms with Crippen molar-refractivity contribution in [3.8, 4) is 0 Å². The Bertz CT molecular complexity index is 528. The fourth-order valence-electron chi connectivity index (χ4n) is 2.59. The monoisotopic (exact) mass is 417 g/mol. The molecular weight excluding hydrogens is 386 g/mol. The van der Waals surface area contributed by atoms with Crippen molar-refractivity contribution in [2.75, 3.05) is 45.2 Å². The predicted octanol–water partition coefficient (Wildman–Crippen LogP) is -0.651. The molecule has 0 spiro atoms. The highest BCUT2D eigenvalue weighted by molar-refractivity contribution is 7.85. The van der Waals surface area contributed by atoms with Crippen molar-refractivity contribution in [3.63, 3.8) is 0 Å². The Hall–Kier alpha value is -0.790. The van der Waals surface area contributed by atoms with Crippen molar-refractivity contribution < 1.29 is 30.7 Å². The van der Waals surface area contributed by atoms with Gasteiger partial charge in [-0.25, -0.2) is 0 Å². The van der Waals surface area contributed by atoms with Crippen molar-refractivity contribution in [1.82, 2.24) is 15.5 Å². The van der Waals surface area contributed by atoms with Gasteiger partial charge < -0.3 is 10.6 Å². The maximum absolute atomic E-state index is 11.8. The van der Waals surface area contributed by atoms with Gasteiger partial charge in [0.25, 0.3) is 20.2 Å². The minimum absolute atomic E-state index is 0.216. The Balaban J connectivity index is 0.000000520. The molecule has 2 rings (SSSR count). The summed E-state index contributed by atoms with van der Waals surface area (Å²) >= 11 is 0. The maximum atomic E-state index is 11.8. The van der Waals surface area contributed by atoms with Crippen LogP contribution < -0.4 is 10.6 Å². The standard InChI is InChI=1S/C12H23N3O.2CH4O3S/c16-12(10-15-8-6-13-7-9-15)14-11-4-2-1-3-5-11;2*1-5(2,3)4/h11,13H,1-10H2,(H,14,16);2*1H3,(H,2,3,4). The van der Waals surface area contributed by atoms with Gasteiger partial charge in [-0.1, -0.05) is 19.3 Å². The third-order valence-corrected chi connectivity index (χ3v) is 3.55. The number of nitrogens with zero attached hydrogens (tertiary/aromatic N) is 1. The Kier molecular flexibility index (Phi) is 12.2. The minimum Gasteiger partial charge on any atom is -0.352 e. The van der Waals surface area contributed by atoms with Crippen LogP contribution >= 0.6 is 0 Å². The van der Waals surface area contributed by atoms with Crippen LogP contribution in [0.2, 0.25) is 0 Å². The van der Waals surface area contributed by atoms with Crippen LogP contribution in [0, 0.1) is 0 Å². The number of nitrogens with one attached hydrogen (secondary N) is 2. The van der Waals surface area contributed by atoms with E-state index in [1.54, 1.807) is 0 Å². The smallest absolute Gasteiger partial charge is 0.261 e. The van der Waals surface area contributed by atoms with Crippen molar-refractivity contribution in [3.05, 3.63) is 0 Å². The van der Waals surface area contributed by atoms with Crippen LogP contribution in [-0.2, 0) is 25.0 Å². The molecule has 4 N–H and O–H groups in total. The van der Waals surface area contributed by atoms with E-state index in [4.69, 9.17) is 9.11 Å². The van der Waals surface area contributed by atoms with E-state index in [0.29, 0.717) is 25.1 Å². The highest BCUT2D eigenvalue weighted by Gasteiger charge is 2.18. The molecule has 1 saturated heterocycles. The van der Waals surface area contributed by atoms with E-state index in [2.05, 4.69) is 15.5 Å². The highest BCUT2D eigenvalue weighted by Crippen LogP contribution is 2.17. The third-order valence-electron chi connectivity index (χ3n) is 3.55. The average molecular weight is 418 g/mol. The molecule has 156 valence electrons. The summed E-state index contributed by atoms with van der Waals surface area (Å²) in [5.41, 5.74) is 0. The zero-order chi connectivity index (χ0) is 20.2. The zero-order valence-electron chi connectivity index (χ0n) is 15.3. The molecule has 0 aromatic heterocycles. The van der Waals surface area contributed by atoms with Gasteiger partial charge in [-0.3, -0.25) is 18.8 Å². The summed E-state index contributed by atoms with van der Waals surface area (Å²) in [4.78, 5) is 14.0. The summed E-state index contributed by atoms with van der Waals surface area (Å²) < 4.78 is 51.7. The Morgan fingerprint density at radius 2 is 1.42 bits per heavy atom. The number of carbonyl (C=O) groups is 1. The van der Waals surface area contributed by atoms with E-state index in [-0.39, 0.29) is 5.91 Å². The van der Waals surface area contributed by atoms with Gasteiger partial charge in [0.2, 0.25) is 5.91 Å². The molecule has 1 aliphatic heterocycles. The van der Waals surface area contributed by atoms with Crippen molar-refractivity contribution in [2.24, 2.45) is 0 Å². The molecule has 0 atom stereocenters. The molecular formula is C14H31N3O7S2. The summed E-state index contributed by atoms with van der Waals surface area (Å²) in [6.45, 7) is 4.60. The fourth-order valence-corrected chi connectivity index (χ4v) is 2.59. The molecule has 0 aromatic carbocycles. The summed E-state index contributed by atoms with van der Waals surface area (Å²) in [5, 5.41) is 6.46. The Labute approximate surface area is 156 Å². The number of hydrogen-bond acceptors (Lipinski definition) is 7. The first kappa shape index (κ1) is 25.2. The van der Waals surface area contributed by atoms with Gasteiger partial charge in [-0.15, -0.1) is 0 Å². The topological polar surface area (TPSA) is 153 Å². The Morgan fingerprint density at radius 1 is 1.00 bits per heavy atom. The maximum Gasteiger partial charge on any atom is 0.261 e. The second kappa shape index (κ2) is 12.6. The lowest BCUT2D eigenvalue weighted by Gasteiger charge is -2.28. The van der Waals surface area contributed by atoms with Gasteiger partial charge in [0.05, 0.1) is 19.1 Å². The molecule has 2 fully saturated rings. The van der Waals surface area contributed by atoms with Gasteiger partial charge in [0.1, 0.15) is 0 Å². The number of piperazine rings is 1. The van der Waals surface area contributed by atoms with Crippen LogP contribution in [-0.4, -0.2) is 88.0 Å². The molecule has 1 aliphatic carbocycles. The highest BCUT2D eigenvalue weighted by atomic mass is 32.2. The molecule has 26 heavy (non-hydrogen) atoms. The Morgan fingerprint density at radius 3 is 1.85 bits per heavy atom. The van der Waals surface area contributed by atoms with Crippen LogP contribution in [0.5, 0.6) is 0 Å². The minimum atomic E-state index is -3.67. The molecule has 0 radical (unpaired) electrons. The third kappa shape index (κ3) is 21.3. The van der Waals surface area contributed by atoms with E-state index in [0.717, 1.165) is 26.2 Å². The number of carbonyl (C=O) groups excluding carboxylic acids is 1. The molecule has 0 aromatic rings. The average Bonchev–Trinajstić information content (AvgIpc) is 2.45. The predicted molar refractivity (Wildman–Crippen MR) is 99.3 cm³/mol.